The molecule has 4 nitrogen and oxygen atoms in total. The fourth-order valence-corrected chi connectivity index (χ4v) is 5.79. The number of benzene rings is 2. The summed E-state index contributed by atoms with van der Waals surface area (Å²) in [5.41, 5.74) is 1.65. The van der Waals surface area contributed by atoms with Crippen molar-refractivity contribution in [1.29, 1.82) is 0 Å². The second-order valence-corrected chi connectivity index (χ2v) is 9.50. The number of anilines is 1. The molecule has 0 aliphatic carbocycles. The number of hydrogen-bond acceptors (Lipinski definition) is 4. The van der Waals surface area contributed by atoms with Crippen molar-refractivity contribution < 1.29 is 26.7 Å². The second kappa shape index (κ2) is 9.03. The molecule has 10 heteroatoms. The quantitative estimate of drug-likeness (QED) is 0.304. The Kier molecular flexibility index (Phi) is 6.87. The Morgan fingerprint density at radius 1 is 1.21 bits per heavy atom. The summed E-state index contributed by atoms with van der Waals surface area (Å²) in [7, 11) is 0. The molecule has 0 spiro atoms. The molecule has 29 heavy (non-hydrogen) atoms. The maximum Gasteiger partial charge on any atom is 0.573 e. The van der Waals surface area contributed by atoms with Crippen molar-refractivity contribution in [2.75, 3.05) is 10.8 Å². The van der Waals surface area contributed by atoms with Crippen molar-refractivity contribution in [2.24, 2.45) is 0 Å². The number of fused-ring (bicyclic) bond motifs is 1. The van der Waals surface area contributed by atoms with Crippen LogP contribution in [0, 0.1) is 6.92 Å². The van der Waals surface area contributed by atoms with E-state index in [2.05, 4.69) is 20.7 Å². The average Bonchev–Trinajstić information content (AvgIpc) is 2.97. The van der Waals surface area contributed by atoms with E-state index < -0.39 is 17.6 Å². The van der Waals surface area contributed by atoms with Gasteiger partial charge in [0.1, 0.15) is 10.8 Å². The van der Waals surface area contributed by atoms with Crippen LogP contribution < -0.4 is 9.04 Å². The van der Waals surface area contributed by atoms with E-state index in [1.807, 2.05) is 31.2 Å². The van der Waals surface area contributed by atoms with E-state index >= 15 is 0 Å². The highest BCUT2D eigenvalue weighted by atomic mass is 79.9. The van der Waals surface area contributed by atoms with Crippen LogP contribution in [0.4, 0.5) is 18.2 Å². The van der Waals surface area contributed by atoms with E-state index in [-0.39, 0.29) is 17.1 Å². The van der Waals surface area contributed by atoms with Crippen molar-refractivity contribution in [1.82, 2.24) is 0 Å². The molecule has 0 aliphatic rings. The molecule has 0 fully saturated rings. The van der Waals surface area contributed by atoms with E-state index in [1.165, 1.54) is 39.9 Å². The largest absolute Gasteiger partial charge is 0.755 e. The summed E-state index contributed by atoms with van der Waals surface area (Å²) >= 11 is 2.43. The molecule has 0 N–H and O–H groups in total. The van der Waals surface area contributed by atoms with Gasteiger partial charge in [-0.2, -0.15) is 0 Å². The van der Waals surface area contributed by atoms with E-state index in [0.29, 0.717) is 11.4 Å². The second-order valence-electron chi connectivity index (χ2n) is 6.30. The summed E-state index contributed by atoms with van der Waals surface area (Å²) in [5, 5.41) is 1.66. The number of thiophene rings is 1. The van der Waals surface area contributed by atoms with Crippen LogP contribution in [-0.2, 0) is 17.7 Å². The van der Waals surface area contributed by atoms with Gasteiger partial charge in [0.25, 0.3) is 0 Å². The molecule has 0 bridgehead atoms. The number of hydrogen-bond donors (Lipinski definition) is 0. The van der Waals surface area contributed by atoms with E-state index in [4.69, 9.17) is 0 Å². The SMILES string of the molecule is Cc1c(N(CC(Br)Cc2ccc(OC(F)(F)F)cc2)S(=O)[O-])sc2ccccc12. The van der Waals surface area contributed by atoms with Gasteiger partial charge in [-0.3, -0.25) is 8.51 Å². The summed E-state index contributed by atoms with van der Waals surface area (Å²) in [6.45, 7) is 2.07. The topological polar surface area (TPSA) is 52.6 Å². The van der Waals surface area contributed by atoms with Crippen LogP contribution in [0.25, 0.3) is 10.1 Å². The summed E-state index contributed by atoms with van der Waals surface area (Å²) in [6, 6.07) is 13.2. The van der Waals surface area contributed by atoms with Crippen molar-refractivity contribution in [3.05, 3.63) is 59.7 Å². The van der Waals surface area contributed by atoms with E-state index in [9.17, 15) is 21.9 Å². The lowest BCUT2D eigenvalue weighted by atomic mass is 10.1. The van der Waals surface area contributed by atoms with Gasteiger partial charge < -0.3 is 9.29 Å². The molecular weight excluding hydrogens is 491 g/mol. The molecule has 0 aliphatic heterocycles. The van der Waals surface area contributed by atoms with E-state index in [0.717, 1.165) is 21.2 Å². The minimum Gasteiger partial charge on any atom is -0.755 e. The first-order valence-corrected chi connectivity index (χ1v) is 11.2. The van der Waals surface area contributed by atoms with Crippen LogP contribution in [0.2, 0.25) is 0 Å². The van der Waals surface area contributed by atoms with Crippen LogP contribution >= 0.6 is 27.3 Å². The number of rotatable bonds is 7. The van der Waals surface area contributed by atoms with Gasteiger partial charge >= 0.3 is 6.36 Å². The fraction of sp³-hybridized carbons (Fsp3) is 0.263. The van der Waals surface area contributed by atoms with Crippen molar-refractivity contribution in [3.8, 4) is 5.75 Å². The predicted octanol–water partition coefficient (Wildman–Crippen LogP) is 5.72. The number of ether oxygens (including phenoxy) is 1. The van der Waals surface area contributed by atoms with Gasteiger partial charge in [0, 0.05) is 27.3 Å². The first-order valence-electron chi connectivity index (χ1n) is 8.48. The lowest BCUT2D eigenvalue weighted by Crippen LogP contribution is -2.32. The molecule has 0 radical (unpaired) electrons. The third-order valence-corrected chi connectivity index (χ3v) is 6.92. The number of nitrogens with zero attached hydrogens (tertiary/aromatic N) is 1. The van der Waals surface area contributed by atoms with Crippen LogP contribution in [0.1, 0.15) is 11.1 Å². The molecule has 3 aromatic rings. The molecule has 1 aromatic heterocycles. The summed E-state index contributed by atoms with van der Waals surface area (Å²) in [4.78, 5) is -0.237. The van der Waals surface area contributed by atoms with Crippen molar-refractivity contribution in [3.63, 3.8) is 0 Å². The summed E-state index contributed by atoms with van der Waals surface area (Å²) in [5.74, 6) is -0.296. The zero-order valence-electron chi connectivity index (χ0n) is 15.1. The minimum atomic E-state index is -4.74. The standard InChI is InChI=1S/C19H17BrF3NO3S2/c1-12-16-4-2-3-5-17(16)28-18(12)24(29(25)26)11-14(20)10-13-6-8-15(9-7-13)27-19(21,22)23/h2-9,14H,10-11H2,1H3,(H,25,26)/p-1. The first-order chi connectivity index (χ1) is 13.6. The zero-order valence-corrected chi connectivity index (χ0v) is 18.3. The monoisotopic (exact) mass is 506 g/mol. The fourth-order valence-electron chi connectivity index (χ4n) is 2.94. The van der Waals surface area contributed by atoms with Crippen LogP contribution in [0.15, 0.2) is 48.5 Å². The lowest BCUT2D eigenvalue weighted by Gasteiger charge is -2.28. The Balaban J connectivity index is 1.72. The maximum atomic E-state index is 12.2. The molecule has 2 atom stereocenters. The molecular formula is C19H16BrF3NO3S2-. The first kappa shape index (κ1) is 22.1. The van der Waals surface area contributed by atoms with E-state index in [1.54, 1.807) is 0 Å². The third kappa shape index (κ3) is 5.71. The maximum absolute atomic E-state index is 12.2. The van der Waals surface area contributed by atoms with Crippen LogP contribution in [0.5, 0.6) is 5.75 Å². The molecule has 0 saturated heterocycles. The van der Waals surface area contributed by atoms with Crippen LogP contribution in [-0.4, -0.2) is 26.5 Å². The number of alkyl halides is 4. The van der Waals surface area contributed by atoms with Crippen molar-refractivity contribution in [2.45, 2.75) is 24.5 Å². The summed E-state index contributed by atoms with van der Waals surface area (Å²) in [6.07, 6.45) is -4.30. The average molecular weight is 507 g/mol. The summed E-state index contributed by atoms with van der Waals surface area (Å²) < 4.78 is 66.7. The van der Waals surface area contributed by atoms with Gasteiger partial charge in [0.05, 0.1) is 0 Å². The Bertz CT molecular complexity index is 1010. The Labute approximate surface area is 180 Å². The molecule has 2 unspecified atom stereocenters. The third-order valence-electron chi connectivity index (χ3n) is 4.20. The van der Waals surface area contributed by atoms with Gasteiger partial charge in [-0.25, -0.2) is 0 Å². The van der Waals surface area contributed by atoms with Gasteiger partial charge in [-0.05, 0) is 48.1 Å². The predicted molar refractivity (Wildman–Crippen MR) is 112 cm³/mol. The highest BCUT2D eigenvalue weighted by molar-refractivity contribution is 9.09. The normalized spacial score (nSPS) is 14.0. The highest BCUT2D eigenvalue weighted by Gasteiger charge is 2.31. The molecule has 0 saturated carbocycles. The molecule has 3 rings (SSSR count). The number of aryl methyl sites for hydroxylation is 1. The van der Waals surface area contributed by atoms with Crippen molar-refractivity contribution >= 4 is 53.6 Å². The zero-order chi connectivity index (χ0) is 21.2. The molecule has 2 aromatic carbocycles. The lowest BCUT2D eigenvalue weighted by molar-refractivity contribution is -0.274. The molecule has 156 valence electrons. The van der Waals surface area contributed by atoms with Gasteiger partial charge in [0.15, 0.2) is 0 Å². The Morgan fingerprint density at radius 2 is 1.86 bits per heavy atom. The Morgan fingerprint density at radius 3 is 2.45 bits per heavy atom. The molecule has 1 heterocycles. The van der Waals surface area contributed by atoms with Crippen LogP contribution in [0.3, 0.4) is 0 Å². The number of halogens is 4. The molecule has 0 amide bonds. The smallest absolute Gasteiger partial charge is 0.573 e. The van der Waals surface area contributed by atoms with Gasteiger partial charge in [-0.1, -0.05) is 46.3 Å². The minimum absolute atomic E-state index is 0.185. The Hall–Kier alpha value is -1.62. The van der Waals surface area contributed by atoms with Gasteiger partial charge in [-0.15, -0.1) is 24.5 Å². The highest BCUT2D eigenvalue weighted by Crippen LogP contribution is 2.38. The van der Waals surface area contributed by atoms with Gasteiger partial charge in [0.2, 0.25) is 0 Å².